The normalized spacial score (nSPS) is 31.5. The molecule has 78 valence electrons. The molecule has 1 aliphatic heterocycles. The third kappa shape index (κ3) is 1.97. The van der Waals surface area contributed by atoms with Gasteiger partial charge in [0, 0.05) is 19.1 Å². The molecule has 1 aliphatic rings. The van der Waals surface area contributed by atoms with Crippen LogP contribution in [0, 0.1) is 5.92 Å². The zero-order valence-corrected chi connectivity index (χ0v) is 7.97. The number of halogens is 2. The molecule has 0 spiro atoms. The molecular weight excluding hydrogens is 202 g/mol. The molecule has 1 rings (SSSR count). The fourth-order valence-corrected chi connectivity index (χ4v) is 2.31. The van der Waals surface area contributed by atoms with Crippen molar-refractivity contribution < 1.29 is 17.2 Å². The van der Waals surface area contributed by atoms with Gasteiger partial charge in [-0.15, -0.1) is 0 Å². The average Bonchev–Trinajstić information content (AvgIpc) is 2.32. The van der Waals surface area contributed by atoms with E-state index in [1.807, 2.05) is 0 Å². The smallest absolute Gasteiger partial charge is 0.326 e. The summed E-state index contributed by atoms with van der Waals surface area (Å²) in [5.41, 5.74) is 5.51. The lowest BCUT2D eigenvalue weighted by atomic mass is 10.1. The summed E-state index contributed by atoms with van der Waals surface area (Å²) < 4.78 is 46.7. The molecule has 0 radical (unpaired) electrons. The van der Waals surface area contributed by atoms with Gasteiger partial charge in [0.25, 0.3) is 10.0 Å². The number of nitrogens with zero attached hydrogens (tertiary/aromatic N) is 1. The minimum Gasteiger partial charge on any atom is -0.326 e. The summed E-state index contributed by atoms with van der Waals surface area (Å²) in [4.78, 5) is 0. The molecule has 0 aromatic heterocycles. The number of hydrogen-bond acceptors (Lipinski definition) is 3. The van der Waals surface area contributed by atoms with Gasteiger partial charge >= 0.3 is 5.76 Å². The van der Waals surface area contributed by atoms with E-state index in [0.29, 0.717) is 0 Å². The predicted molar refractivity (Wildman–Crippen MR) is 43.6 cm³/mol. The van der Waals surface area contributed by atoms with Crippen LogP contribution in [0.5, 0.6) is 0 Å². The Morgan fingerprint density at radius 3 is 2.31 bits per heavy atom. The van der Waals surface area contributed by atoms with Crippen LogP contribution < -0.4 is 5.73 Å². The van der Waals surface area contributed by atoms with Crippen LogP contribution in [0.15, 0.2) is 0 Å². The molecule has 0 bridgehead atoms. The van der Waals surface area contributed by atoms with E-state index in [9.17, 15) is 17.2 Å². The second-order valence-electron chi connectivity index (χ2n) is 3.26. The third-order valence-corrected chi connectivity index (χ3v) is 3.69. The van der Waals surface area contributed by atoms with Gasteiger partial charge < -0.3 is 5.73 Å². The lowest BCUT2D eigenvalue weighted by molar-refractivity contribution is 0.222. The Morgan fingerprint density at radius 2 is 2.00 bits per heavy atom. The summed E-state index contributed by atoms with van der Waals surface area (Å²) in [5, 5.41) is 0. The van der Waals surface area contributed by atoms with Gasteiger partial charge in [-0.3, -0.25) is 0 Å². The van der Waals surface area contributed by atoms with E-state index in [0.717, 1.165) is 4.31 Å². The summed E-state index contributed by atoms with van der Waals surface area (Å²) in [7, 11) is -4.42. The van der Waals surface area contributed by atoms with Crippen molar-refractivity contribution in [2.75, 3.05) is 13.1 Å². The Hall–Kier alpha value is -0.270. The molecule has 0 aliphatic carbocycles. The van der Waals surface area contributed by atoms with Crippen molar-refractivity contribution in [2.45, 2.75) is 18.7 Å². The Kier molecular flexibility index (Phi) is 2.88. The third-order valence-electron chi connectivity index (χ3n) is 2.22. The monoisotopic (exact) mass is 214 g/mol. The zero-order chi connectivity index (χ0) is 10.2. The highest BCUT2D eigenvalue weighted by Crippen LogP contribution is 2.21. The second kappa shape index (κ2) is 3.47. The van der Waals surface area contributed by atoms with Crippen molar-refractivity contribution in [3.05, 3.63) is 0 Å². The molecule has 1 heterocycles. The van der Waals surface area contributed by atoms with Crippen LogP contribution in [0.4, 0.5) is 8.78 Å². The lowest BCUT2D eigenvalue weighted by Gasteiger charge is -2.14. The van der Waals surface area contributed by atoms with Crippen LogP contribution in [0.2, 0.25) is 0 Å². The first-order valence-electron chi connectivity index (χ1n) is 3.88. The van der Waals surface area contributed by atoms with Crippen molar-refractivity contribution in [3.63, 3.8) is 0 Å². The van der Waals surface area contributed by atoms with Gasteiger partial charge in [0.15, 0.2) is 0 Å². The lowest BCUT2D eigenvalue weighted by Crippen LogP contribution is -2.35. The molecule has 2 unspecified atom stereocenters. The number of alkyl halides is 2. The Labute approximate surface area is 75.7 Å². The Morgan fingerprint density at radius 1 is 1.46 bits per heavy atom. The number of sulfonamides is 1. The highest BCUT2D eigenvalue weighted by Gasteiger charge is 2.39. The SMILES string of the molecule is CC1CN(S(=O)(=O)C(F)F)CC1N. The first kappa shape index (κ1) is 10.8. The van der Waals surface area contributed by atoms with Gasteiger partial charge in [-0.25, -0.2) is 8.42 Å². The Balaban J connectivity index is 2.77. The molecule has 1 saturated heterocycles. The van der Waals surface area contributed by atoms with Crippen molar-refractivity contribution in [2.24, 2.45) is 11.7 Å². The highest BCUT2D eigenvalue weighted by atomic mass is 32.2. The summed E-state index contributed by atoms with van der Waals surface area (Å²) >= 11 is 0. The second-order valence-corrected chi connectivity index (χ2v) is 5.17. The molecule has 4 nitrogen and oxygen atoms in total. The largest absolute Gasteiger partial charge is 0.350 e. The van der Waals surface area contributed by atoms with E-state index in [1.165, 1.54) is 0 Å². The van der Waals surface area contributed by atoms with Crippen LogP contribution in [-0.2, 0) is 10.0 Å². The van der Waals surface area contributed by atoms with Gasteiger partial charge in [-0.2, -0.15) is 13.1 Å². The fourth-order valence-electron chi connectivity index (χ4n) is 1.27. The van der Waals surface area contributed by atoms with E-state index in [2.05, 4.69) is 0 Å². The minimum absolute atomic E-state index is 0.00611. The van der Waals surface area contributed by atoms with Crippen LogP contribution in [0.3, 0.4) is 0 Å². The van der Waals surface area contributed by atoms with Crippen molar-refractivity contribution >= 4 is 10.0 Å². The first-order chi connectivity index (χ1) is 5.85. The molecule has 0 amide bonds. The summed E-state index contributed by atoms with van der Waals surface area (Å²) in [6, 6.07) is -0.339. The van der Waals surface area contributed by atoms with Crippen molar-refractivity contribution in [1.29, 1.82) is 0 Å². The van der Waals surface area contributed by atoms with Crippen LogP contribution in [0.25, 0.3) is 0 Å². The van der Waals surface area contributed by atoms with E-state index in [4.69, 9.17) is 5.73 Å². The van der Waals surface area contributed by atoms with E-state index in [-0.39, 0.29) is 25.0 Å². The maximum Gasteiger partial charge on any atom is 0.350 e. The predicted octanol–water partition coefficient (Wildman–Crippen LogP) is -0.182. The van der Waals surface area contributed by atoms with Crippen LogP contribution in [-0.4, -0.2) is 37.6 Å². The van der Waals surface area contributed by atoms with Crippen molar-refractivity contribution in [3.8, 4) is 0 Å². The highest BCUT2D eigenvalue weighted by molar-refractivity contribution is 7.89. The van der Waals surface area contributed by atoms with Gasteiger partial charge in [-0.05, 0) is 5.92 Å². The summed E-state index contributed by atoms with van der Waals surface area (Å²) in [6.45, 7) is 1.83. The molecule has 0 aromatic carbocycles. The Bertz CT molecular complexity index is 270. The van der Waals surface area contributed by atoms with Crippen LogP contribution >= 0.6 is 0 Å². The standard InChI is InChI=1S/C6H12F2N2O2S/c1-4-2-10(3-5(4)9)13(11,12)6(7)8/h4-6H,2-3,9H2,1H3. The van der Waals surface area contributed by atoms with Crippen LogP contribution in [0.1, 0.15) is 6.92 Å². The summed E-state index contributed by atoms with van der Waals surface area (Å²) in [6.07, 6.45) is 0. The number of hydrogen-bond donors (Lipinski definition) is 1. The van der Waals surface area contributed by atoms with Gasteiger partial charge in [0.05, 0.1) is 0 Å². The molecule has 2 N–H and O–H groups in total. The van der Waals surface area contributed by atoms with E-state index < -0.39 is 15.8 Å². The maximum atomic E-state index is 12.0. The number of nitrogens with two attached hydrogens (primary N) is 1. The molecule has 13 heavy (non-hydrogen) atoms. The summed E-state index contributed by atoms with van der Waals surface area (Å²) in [5.74, 6) is -3.40. The molecule has 2 atom stereocenters. The van der Waals surface area contributed by atoms with E-state index in [1.54, 1.807) is 6.92 Å². The van der Waals surface area contributed by atoms with Gasteiger partial charge in [0.1, 0.15) is 0 Å². The molecular formula is C6H12F2N2O2S. The minimum atomic E-state index is -4.42. The quantitative estimate of drug-likeness (QED) is 0.693. The van der Waals surface area contributed by atoms with E-state index >= 15 is 0 Å². The van der Waals surface area contributed by atoms with Gasteiger partial charge in [0.2, 0.25) is 0 Å². The molecule has 0 saturated carbocycles. The number of rotatable bonds is 2. The topological polar surface area (TPSA) is 63.4 Å². The van der Waals surface area contributed by atoms with Crippen molar-refractivity contribution in [1.82, 2.24) is 4.31 Å². The average molecular weight is 214 g/mol. The molecule has 1 fully saturated rings. The maximum absolute atomic E-state index is 12.0. The first-order valence-corrected chi connectivity index (χ1v) is 5.38. The fraction of sp³-hybridized carbons (Fsp3) is 1.00. The molecule has 7 heteroatoms. The van der Waals surface area contributed by atoms with Gasteiger partial charge in [-0.1, -0.05) is 6.92 Å². The molecule has 0 aromatic rings. The zero-order valence-electron chi connectivity index (χ0n) is 7.15.